The van der Waals surface area contributed by atoms with Crippen LogP contribution in [0.1, 0.15) is 49.7 Å². The molecule has 0 unspecified atom stereocenters. The molecule has 1 nitrogen and oxygen atoms in total. The van der Waals surface area contributed by atoms with Crippen molar-refractivity contribution in [1.29, 1.82) is 0 Å². The normalized spacial score (nSPS) is 7.92. The zero-order valence-corrected chi connectivity index (χ0v) is 10.9. The third-order valence-corrected chi connectivity index (χ3v) is 2.12. The summed E-state index contributed by atoms with van der Waals surface area (Å²) < 4.78 is 0. The van der Waals surface area contributed by atoms with Crippen LogP contribution in [-0.2, 0) is 0 Å². The Morgan fingerprint density at radius 2 is 1.46 bits per heavy atom. The highest BCUT2D eigenvalue weighted by Gasteiger charge is 1.95. The van der Waals surface area contributed by atoms with E-state index in [9.17, 15) is 0 Å². The molecule has 1 aromatic rings. The standard InChI is InChI=1S/C6H9NS.C3H8.C2H6/c1-4-5(2)8-6(3)7-4;1-3-2;1-2/h1-3H3;3H2,1-2H3;1-2H3. The van der Waals surface area contributed by atoms with E-state index in [2.05, 4.69) is 25.8 Å². The van der Waals surface area contributed by atoms with Crippen molar-refractivity contribution >= 4 is 11.3 Å². The van der Waals surface area contributed by atoms with Gasteiger partial charge in [-0.1, -0.05) is 34.1 Å². The smallest absolute Gasteiger partial charge is 0.0899 e. The fraction of sp³-hybridized carbons (Fsp3) is 0.727. The van der Waals surface area contributed by atoms with Gasteiger partial charge in [0.2, 0.25) is 0 Å². The molecular weight excluding hydrogens is 178 g/mol. The van der Waals surface area contributed by atoms with E-state index in [0.717, 1.165) is 0 Å². The minimum Gasteiger partial charge on any atom is -0.247 e. The lowest BCUT2D eigenvalue weighted by Gasteiger charge is -1.77. The molecule has 0 spiro atoms. The fourth-order valence-electron chi connectivity index (χ4n) is 0.633. The number of aryl methyl sites for hydroxylation is 3. The molecule has 0 aliphatic carbocycles. The van der Waals surface area contributed by atoms with Crippen molar-refractivity contribution in [2.75, 3.05) is 0 Å². The molecule has 0 fully saturated rings. The molecule has 0 saturated heterocycles. The second-order valence-electron chi connectivity index (χ2n) is 2.58. The van der Waals surface area contributed by atoms with E-state index in [1.807, 2.05) is 27.7 Å². The molecule has 0 atom stereocenters. The van der Waals surface area contributed by atoms with Crippen molar-refractivity contribution in [3.05, 3.63) is 15.6 Å². The molecule has 1 heterocycles. The molecule has 0 saturated carbocycles. The van der Waals surface area contributed by atoms with Crippen molar-refractivity contribution in [3.63, 3.8) is 0 Å². The van der Waals surface area contributed by atoms with E-state index >= 15 is 0 Å². The Hall–Kier alpha value is -0.370. The number of hydrogen-bond acceptors (Lipinski definition) is 2. The third-order valence-electron chi connectivity index (χ3n) is 1.14. The van der Waals surface area contributed by atoms with Crippen LogP contribution in [-0.4, -0.2) is 4.98 Å². The number of rotatable bonds is 0. The van der Waals surface area contributed by atoms with Gasteiger partial charge < -0.3 is 0 Å². The average Bonchev–Trinajstić information content (AvgIpc) is 2.35. The van der Waals surface area contributed by atoms with Gasteiger partial charge in [-0.15, -0.1) is 11.3 Å². The molecule has 0 amide bonds. The molecule has 0 bridgehead atoms. The SMILES string of the molecule is CC.CCC.Cc1nc(C)c(C)s1. The van der Waals surface area contributed by atoms with Gasteiger partial charge in [0.1, 0.15) is 0 Å². The topological polar surface area (TPSA) is 12.9 Å². The summed E-state index contributed by atoms with van der Waals surface area (Å²) in [4.78, 5) is 5.56. The number of thiazole rings is 1. The van der Waals surface area contributed by atoms with E-state index in [-0.39, 0.29) is 0 Å². The fourth-order valence-corrected chi connectivity index (χ4v) is 1.45. The zero-order valence-electron chi connectivity index (χ0n) is 10.1. The monoisotopic (exact) mass is 201 g/mol. The maximum atomic E-state index is 4.23. The lowest BCUT2D eigenvalue weighted by molar-refractivity contribution is 1.09. The molecular formula is C11H23NS. The second-order valence-corrected chi connectivity index (χ2v) is 3.99. The van der Waals surface area contributed by atoms with Crippen molar-refractivity contribution < 1.29 is 0 Å². The number of aromatic nitrogens is 1. The van der Waals surface area contributed by atoms with Crippen LogP contribution in [0, 0.1) is 20.8 Å². The zero-order chi connectivity index (χ0) is 10.9. The Labute approximate surface area is 87.2 Å². The average molecular weight is 201 g/mol. The Balaban J connectivity index is 0. The first kappa shape index (κ1) is 15.1. The first-order valence-corrected chi connectivity index (χ1v) is 5.84. The van der Waals surface area contributed by atoms with Crippen LogP contribution in [0.25, 0.3) is 0 Å². The molecule has 1 rings (SSSR count). The van der Waals surface area contributed by atoms with E-state index in [4.69, 9.17) is 0 Å². The van der Waals surface area contributed by atoms with Crippen LogP contribution in [0.4, 0.5) is 0 Å². The summed E-state index contributed by atoms with van der Waals surface area (Å²) in [5.74, 6) is 0. The summed E-state index contributed by atoms with van der Waals surface area (Å²) in [6.07, 6.45) is 1.25. The Morgan fingerprint density at radius 1 is 1.08 bits per heavy atom. The Bertz CT molecular complexity index is 184. The minimum absolute atomic E-state index is 1.17. The Kier molecular flexibility index (Phi) is 11.3. The van der Waals surface area contributed by atoms with Crippen LogP contribution < -0.4 is 0 Å². The third kappa shape index (κ3) is 7.97. The molecule has 0 aliphatic heterocycles. The van der Waals surface area contributed by atoms with E-state index < -0.39 is 0 Å². The number of nitrogens with zero attached hydrogens (tertiary/aromatic N) is 1. The molecule has 13 heavy (non-hydrogen) atoms. The summed E-state index contributed by atoms with van der Waals surface area (Å²) in [6, 6.07) is 0. The van der Waals surface area contributed by atoms with E-state index in [0.29, 0.717) is 0 Å². The van der Waals surface area contributed by atoms with Crippen LogP contribution in [0.3, 0.4) is 0 Å². The van der Waals surface area contributed by atoms with Gasteiger partial charge in [0.05, 0.1) is 10.7 Å². The summed E-state index contributed by atoms with van der Waals surface area (Å²) in [6.45, 7) is 14.4. The molecule has 78 valence electrons. The van der Waals surface area contributed by atoms with Crippen LogP contribution in [0.2, 0.25) is 0 Å². The summed E-state index contributed by atoms with van der Waals surface area (Å²) >= 11 is 1.76. The van der Waals surface area contributed by atoms with E-state index in [1.165, 1.54) is 22.0 Å². The molecule has 0 aromatic carbocycles. The molecule has 1 aromatic heterocycles. The maximum Gasteiger partial charge on any atom is 0.0899 e. The highest BCUT2D eigenvalue weighted by atomic mass is 32.1. The largest absolute Gasteiger partial charge is 0.247 e. The predicted molar refractivity (Wildman–Crippen MR) is 63.6 cm³/mol. The van der Waals surface area contributed by atoms with Gasteiger partial charge in [-0.2, -0.15) is 0 Å². The summed E-state index contributed by atoms with van der Waals surface area (Å²) in [5, 5.41) is 1.17. The van der Waals surface area contributed by atoms with Gasteiger partial charge in [-0.3, -0.25) is 0 Å². The van der Waals surface area contributed by atoms with Crippen molar-refractivity contribution in [2.45, 2.75) is 54.9 Å². The van der Waals surface area contributed by atoms with Crippen molar-refractivity contribution in [2.24, 2.45) is 0 Å². The highest BCUT2D eigenvalue weighted by molar-refractivity contribution is 7.11. The molecule has 0 aliphatic rings. The highest BCUT2D eigenvalue weighted by Crippen LogP contribution is 2.14. The Morgan fingerprint density at radius 3 is 1.54 bits per heavy atom. The lowest BCUT2D eigenvalue weighted by Crippen LogP contribution is -1.71. The quantitative estimate of drug-likeness (QED) is 0.602. The summed E-state index contributed by atoms with van der Waals surface area (Å²) in [5.41, 5.74) is 1.17. The van der Waals surface area contributed by atoms with Crippen molar-refractivity contribution in [1.82, 2.24) is 4.98 Å². The van der Waals surface area contributed by atoms with Crippen LogP contribution in [0.5, 0.6) is 0 Å². The molecule has 0 N–H and O–H groups in total. The van der Waals surface area contributed by atoms with Gasteiger partial charge in [-0.05, 0) is 20.8 Å². The van der Waals surface area contributed by atoms with Gasteiger partial charge in [-0.25, -0.2) is 4.98 Å². The second kappa shape index (κ2) is 9.72. The minimum atomic E-state index is 1.17. The van der Waals surface area contributed by atoms with Crippen LogP contribution in [0.15, 0.2) is 0 Å². The molecule has 0 radical (unpaired) electrons. The van der Waals surface area contributed by atoms with Crippen LogP contribution >= 0.6 is 11.3 Å². The number of hydrogen-bond donors (Lipinski definition) is 0. The lowest BCUT2D eigenvalue weighted by atomic mass is 10.4. The maximum absolute atomic E-state index is 4.23. The first-order chi connectivity index (χ1) is 6.11. The van der Waals surface area contributed by atoms with E-state index in [1.54, 1.807) is 11.3 Å². The molecule has 2 heteroatoms. The van der Waals surface area contributed by atoms with Crippen molar-refractivity contribution in [3.8, 4) is 0 Å². The van der Waals surface area contributed by atoms with Gasteiger partial charge in [0.15, 0.2) is 0 Å². The van der Waals surface area contributed by atoms with Gasteiger partial charge in [0.25, 0.3) is 0 Å². The van der Waals surface area contributed by atoms with Gasteiger partial charge >= 0.3 is 0 Å². The summed E-state index contributed by atoms with van der Waals surface area (Å²) in [7, 11) is 0. The van der Waals surface area contributed by atoms with Gasteiger partial charge in [0, 0.05) is 4.88 Å². The predicted octanol–water partition coefficient (Wildman–Crippen LogP) is 4.51. The first-order valence-electron chi connectivity index (χ1n) is 5.02.